The van der Waals surface area contributed by atoms with Crippen molar-refractivity contribution in [1.82, 2.24) is 24.1 Å². The summed E-state index contributed by atoms with van der Waals surface area (Å²) in [5.74, 6) is 0. The molecule has 1 aromatic carbocycles. The van der Waals surface area contributed by atoms with Crippen LogP contribution in [0.15, 0.2) is 71.9 Å². The van der Waals surface area contributed by atoms with E-state index in [1.165, 1.54) is 0 Å². The van der Waals surface area contributed by atoms with Gasteiger partial charge in [0.25, 0.3) is 5.56 Å². The van der Waals surface area contributed by atoms with E-state index in [1.54, 1.807) is 10.5 Å². The molecule has 0 fully saturated rings. The largest absolute Gasteiger partial charge is 0.296 e. The zero-order valence-electron chi connectivity index (χ0n) is 15.4. The predicted octanol–water partition coefficient (Wildman–Crippen LogP) is 2.82. The summed E-state index contributed by atoms with van der Waals surface area (Å²) >= 11 is 0. The van der Waals surface area contributed by atoms with Crippen molar-refractivity contribution >= 4 is 5.65 Å². The zero-order chi connectivity index (χ0) is 18.8. The number of fused-ring (bicyclic) bond motifs is 1. The maximum absolute atomic E-state index is 12.3. The number of aryl methyl sites for hydroxylation is 1. The topological polar surface area (TPSA) is 55.4 Å². The lowest BCUT2D eigenvalue weighted by molar-refractivity contribution is 0.315. The number of benzene rings is 1. The molecule has 0 saturated carbocycles. The minimum Gasteiger partial charge on any atom is -0.296 e. The van der Waals surface area contributed by atoms with Crippen molar-refractivity contribution in [2.45, 2.75) is 20.0 Å². The maximum atomic E-state index is 12.3. The lowest BCUT2D eigenvalue weighted by Crippen LogP contribution is -2.21. The Balaban J connectivity index is 1.49. The van der Waals surface area contributed by atoms with Crippen LogP contribution in [0.2, 0.25) is 0 Å². The van der Waals surface area contributed by atoms with Crippen molar-refractivity contribution in [3.8, 4) is 5.69 Å². The second-order valence-corrected chi connectivity index (χ2v) is 6.82. The molecule has 0 aliphatic carbocycles. The van der Waals surface area contributed by atoms with Crippen molar-refractivity contribution in [3.63, 3.8) is 0 Å². The molecule has 6 heteroatoms. The fourth-order valence-corrected chi connectivity index (χ4v) is 3.15. The van der Waals surface area contributed by atoms with Crippen LogP contribution in [0.4, 0.5) is 0 Å². The molecule has 3 aromatic heterocycles. The van der Waals surface area contributed by atoms with E-state index >= 15 is 0 Å². The van der Waals surface area contributed by atoms with E-state index in [-0.39, 0.29) is 5.56 Å². The first-order valence-corrected chi connectivity index (χ1v) is 8.85. The molecule has 136 valence electrons. The van der Waals surface area contributed by atoms with Gasteiger partial charge in [0.15, 0.2) is 0 Å². The average molecular weight is 359 g/mol. The highest BCUT2D eigenvalue weighted by atomic mass is 16.1. The number of nitrogens with zero attached hydrogens (tertiary/aromatic N) is 5. The third-order valence-electron chi connectivity index (χ3n) is 4.40. The first kappa shape index (κ1) is 17.2. The zero-order valence-corrected chi connectivity index (χ0v) is 15.4. The van der Waals surface area contributed by atoms with Gasteiger partial charge in [-0.15, -0.1) is 0 Å². The Morgan fingerprint density at radius 2 is 1.85 bits per heavy atom. The highest BCUT2D eigenvalue weighted by Crippen LogP contribution is 2.11. The molecule has 6 nitrogen and oxygen atoms in total. The minimum absolute atomic E-state index is 0.0519. The van der Waals surface area contributed by atoms with Gasteiger partial charge in [0.2, 0.25) is 0 Å². The molecule has 3 heterocycles. The van der Waals surface area contributed by atoms with E-state index in [2.05, 4.69) is 15.0 Å². The van der Waals surface area contributed by atoms with Crippen molar-refractivity contribution in [1.29, 1.82) is 0 Å². The number of aromatic nitrogens is 4. The molecule has 0 aliphatic heterocycles. The quantitative estimate of drug-likeness (QED) is 0.550. The van der Waals surface area contributed by atoms with Gasteiger partial charge in [-0.1, -0.05) is 24.3 Å². The summed E-state index contributed by atoms with van der Waals surface area (Å²) in [6.07, 6.45) is 5.71. The highest BCUT2D eigenvalue weighted by Gasteiger charge is 2.08. The van der Waals surface area contributed by atoms with Gasteiger partial charge in [-0.2, -0.15) is 5.10 Å². The average Bonchev–Trinajstić information content (AvgIpc) is 3.11. The van der Waals surface area contributed by atoms with Crippen LogP contribution in [0.3, 0.4) is 0 Å². The molecule has 4 aromatic rings. The lowest BCUT2D eigenvalue weighted by Gasteiger charge is -2.15. The number of para-hydroxylation sites is 1. The van der Waals surface area contributed by atoms with E-state index in [9.17, 15) is 4.79 Å². The van der Waals surface area contributed by atoms with Crippen molar-refractivity contribution in [2.75, 3.05) is 7.05 Å². The highest BCUT2D eigenvalue weighted by molar-refractivity contribution is 5.40. The summed E-state index contributed by atoms with van der Waals surface area (Å²) in [6, 6.07) is 15.5. The van der Waals surface area contributed by atoms with Gasteiger partial charge in [-0.3, -0.25) is 14.1 Å². The van der Waals surface area contributed by atoms with E-state index in [0.29, 0.717) is 12.2 Å². The van der Waals surface area contributed by atoms with Gasteiger partial charge in [0, 0.05) is 37.1 Å². The minimum atomic E-state index is -0.0519. The van der Waals surface area contributed by atoms with Gasteiger partial charge >= 0.3 is 0 Å². The third-order valence-corrected chi connectivity index (χ3v) is 4.40. The molecule has 0 atom stereocenters. The Morgan fingerprint density at radius 1 is 1.04 bits per heavy atom. The Bertz CT molecular complexity index is 1130. The second kappa shape index (κ2) is 7.17. The summed E-state index contributed by atoms with van der Waals surface area (Å²) in [4.78, 5) is 19.1. The van der Waals surface area contributed by atoms with Gasteiger partial charge in [-0.25, -0.2) is 9.67 Å². The van der Waals surface area contributed by atoms with E-state index in [4.69, 9.17) is 0 Å². The summed E-state index contributed by atoms with van der Waals surface area (Å²) in [7, 11) is 2.01. The summed E-state index contributed by atoms with van der Waals surface area (Å²) < 4.78 is 3.45. The van der Waals surface area contributed by atoms with E-state index in [1.807, 2.05) is 79.7 Å². The van der Waals surface area contributed by atoms with Gasteiger partial charge in [-0.05, 0) is 37.7 Å². The molecule has 4 rings (SSSR count). The van der Waals surface area contributed by atoms with Gasteiger partial charge in [0.05, 0.1) is 17.6 Å². The Hall–Kier alpha value is -3.25. The molecule has 0 unspecified atom stereocenters. The summed E-state index contributed by atoms with van der Waals surface area (Å²) in [5.41, 5.74) is 4.56. The molecule has 0 aliphatic rings. The van der Waals surface area contributed by atoms with Crippen LogP contribution < -0.4 is 5.56 Å². The molecular formula is C21H21N5O. The molecule has 0 N–H and O–H groups in total. The molecule has 0 radical (unpaired) electrons. The van der Waals surface area contributed by atoms with Crippen LogP contribution >= 0.6 is 0 Å². The van der Waals surface area contributed by atoms with Crippen LogP contribution in [0.25, 0.3) is 11.3 Å². The van der Waals surface area contributed by atoms with Crippen LogP contribution in [0, 0.1) is 6.92 Å². The first-order chi connectivity index (χ1) is 13.1. The SMILES string of the molecule is Cc1ccc2nc(CN(C)Cc3cnn(-c4ccccc4)c3)cc(=O)n2c1. The number of hydrogen-bond donors (Lipinski definition) is 0. The van der Waals surface area contributed by atoms with E-state index < -0.39 is 0 Å². The molecule has 0 saturated heterocycles. The Morgan fingerprint density at radius 3 is 2.67 bits per heavy atom. The summed E-state index contributed by atoms with van der Waals surface area (Å²) in [6.45, 7) is 3.28. The van der Waals surface area contributed by atoms with Crippen LogP contribution in [0.1, 0.15) is 16.8 Å². The van der Waals surface area contributed by atoms with Gasteiger partial charge in [0.1, 0.15) is 5.65 Å². The third kappa shape index (κ3) is 3.80. The Labute approximate surface area is 157 Å². The molecule has 0 bridgehead atoms. The molecule has 0 spiro atoms. The summed E-state index contributed by atoms with van der Waals surface area (Å²) in [5, 5.41) is 4.43. The maximum Gasteiger partial charge on any atom is 0.258 e. The predicted molar refractivity (Wildman–Crippen MR) is 105 cm³/mol. The van der Waals surface area contributed by atoms with Crippen molar-refractivity contribution in [3.05, 3.63) is 94.3 Å². The van der Waals surface area contributed by atoms with Crippen LogP contribution in [-0.4, -0.2) is 31.1 Å². The first-order valence-electron chi connectivity index (χ1n) is 8.85. The van der Waals surface area contributed by atoms with Crippen molar-refractivity contribution < 1.29 is 0 Å². The molecule has 27 heavy (non-hydrogen) atoms. The number of pyridine rings is 1. The number of hydrogen-bond acceptors (Lipinski definition) is 4. The van der Waals surface area contributed by atoms with Crippen LogP contribution in [0.5, 0.6) is 0 Å². The van der Waals surface area contributed by atoms with Crippen molar-refractivity contribution in [2.24, 2.45) is 0 Å². The van der Waals surface area contributed by atoms with E-state index in [0.717, 1.165) is 29.1 Å². The van der Waals surface area contributed by atoms with Crippen LogP contribution in [-0.2, 0) is 13.1 Å². The Kier molecular flexibility index (Phi) is 4.56. The fourth-order valence-electron chi connectivity index (χ4n) is 3.15. The smallest absolute Gasteiger partial charge is 0.258 e. The van der Waals surface area contributed by atoms with Gasteiger partial charge < -0.3 is 0 Å². The normalized spacial score (nSPS) is 11.4. The number of rotatable bonds is 5. The molecular weight excluding hydrogens is 338 g/mol. The molecule has 0 amide bonds. The lowest BCUT2D eigenvalue weighted by atomic mass is 10.3. The second-order valence-electron chi connectivity index (χ2n) is 6.82. The standard InChI is InChI=1S/C21H21N5O/c1-16-8-9-20-23-18(10-21(27)25(20)12-16)15-24(2)13-17-11-22-26(14-17)19-6-4-3-5-7-19/h3-12,14H,13,15H2,1-2H3. The monoisotopic (exact) mass is 359 g/mol. The fraction of sp³-hybridized carbons (Fsp3) is 0.190.